The van der Waals surface area contributed by atoms with E-state index in [1.54, 1.807) is 7.05 Å². The number of carbonyl (C=O) groups is 1. The Morgan fingerprint density at radius 3 is 2.59 bits per heavy atom. The zero-order valence-electron chi connectivity index (χ0n) is 9.91. The highest BCUT2D eigenvalue weighted by Crippen LogP contribution is 2.20. The summed E-state index contributed by atoms with van der Waals surface area (Å²) in [5.74, 6) is -2.10. The second-order valence-corrected chi connectivity index (χ2v) is 4.05. The highest BCUT2D eigenvalue weighted by atomic mass is 19.2. The molecule has 0 aromatic heterocycles. The maximum absolute atomic E-state index is 13.0. The molecule has 0 saturated carbocycles. The average molecular weight is 242 g/mol. The average Bonchev–Trinajstić information content (AvgIpc) is 2.28. The molecule has 0 saturated heterocycles. The molecule has 1 atom stereocenters. The molecule has 0 bridgehead atoms. The minimum atomic E-state index is -0.863. The van der Waals surface area contributed by atoms with Gasteiger partial charge < -0.3 is 5.73 Å². The van der Waals surface area contributed by atoms with Gasteiger partial charge in [-0.25, -0.2) is 8.78 Å². The number of nitrogens with two attached hydrogens (primary N) is 1. The molecule has 0 aliphatic carbocycles. The van der Waals surface area contributed by atoms with Crippen LogP contribution < -0.4 is 5.73 Å². The van der Waals surface area contributed by atoms with Gasteiger partial charge in [0.25, 0.3) is 0 Å². The molecule has 0 fully saturated rings. The molecule has 3 nitrogen and oxygen atoms in total. The first-order valence-corrected chi connectivity index (χ1v) is 5.35. The third-order valence-electron chi connectivity index (χ3n) is 2.80. The number of hydrogen-bond acceptors (Lipinski definition) is 2. The van der Waals surface area contributed by atoms with Crippen LogP contribution in [-0.4, -0.2) is 24.4 Å². The number of halogens is 2. The lowest BCUT2D eigenvalue weighted by Crippen LogP contribution is -2.27. The number of benzene rings is 1. The Morgan fingerprint density at radius 2 is 2.06 bits per heavy atom. The molecule has 1 amide bonds. The van der Waals surface area contributed by atoms with Gasteiger partial charge in [-0.1, -0.05) is 6.07 Å². The molecular formula is C12H16F2N2O. The van der Waals surface area contributed by atoms with Crippen molar-refractivity contribution in [2.75, 3.05) is 13.6 Å². The highest BCUT2D eigenvalue weighted by Gasteiger charge is 2.14. The van der Waals surface area contributed by atoms with E-state index in [1.165, 1.54) is 12.1 Å². The first-order valence-electron chi connectivity index (χ1n) is 5.35. The van der Waals surface area contributed by atoms with E-state index in [0.29, 0.717) is 12.1 Å². The molecule has 17 heavy (non-hydrogen) atoms. The Morgan fingerprint density at radius 1 is 1.41 bits per heavy atom. The summed E-state index contributed by atoms with van der Waals surface area (Å²) in [7, 11) is 1.80. The SMILES string of the molecule is CC(c1ccc(F)c(F)c1)N(C)CCC(N)=O. The summed E-state index contributed by atoms with van der Waals surface area (Å²) in [5, 5.41) is 0. The zero-order valence-corrected chi connectivity index (χ0v) is 9.91. The van der Waals surface area contributed by atoms with E-state index < -0.39 is 11.6 Å². The van der Waals surface area contributed by atoms with Crippen LogP contribution in [0.2, 0.25) is 0 Å². The van der Waals surface area contributed by atoms with Crippen LogP contribution >= 0.6 is 0 Å². The van der Waals surface area contributed by atoms with Crippen LogP contribution in [0.25, 0.3) is 0 Å². The summed E-state index contributed by atoms with van der Waals surface area (Å²) in [5.41, 5.74) is 5.71. The molecule has 0 aliphatic heterocycles. The van der Waals surface area contributed by atoms with Crippen LogP contribution in [0.3, 0.4) is 0 Å². The fraction of sp³-hybridized carbons (Fsp3) is 0.417. The molecule has 5 heteroatoms. The number of amides is 1. The molecule has 0 heterocycles. The van der Waals surface area contributed by atoms with Crippen LogP contribution in [0.15, 0.2) is 18.2 Å². The van der Waals surface area contributed by atoms with Crippen molar-refractivity contribution in [2.45, 2.75) is 19.4 Å². The number of hydrogen-bond donors (Lipinski definition) is 1. The van der Waals surface area contributed by atoms with E-state index >= 15 is 0 Å². The third kappa shape index (κ3) is 3.78. The van der Waals surface area contributed by atoms with Gasteiger partial charge in [-0.3, -0.25) is 9.69 Å². The lowest BCUT2D eigenvalue weighted by Gasteiger charge is -2.24. The van der Waals surface area contributed by atoms with Crippen molar-refractivity contribution < 1.29 is 13.6 Å². The second kappa shape index (κ2) is 5.72. The quantitative estimate of drug-likeness (QED) is 0.856. The Balaban J connectivity index is 2.70. The molecule has 94 valence electrons. The molecule has 0 spiro atoms. The fourth-order valence-corrected chi connectivity index (χ4v) is 1.51. The van der Waals surface area contributed by atoms with E-state index in [2.05, 4.69) is 0 Å². The molecule has 1 aromatic carbocycles. The summed E-state index contributed by atoms with van der Waals surface area (Å²) in [4.78, 5) is 12.5. The second-order valence-electron chi connectivity index (χ2n) is 4.05. The first-order chi connectivity index (χ1) is 7.91. The Hall–Kier alpha value is -1.49. The van der Waals surface area contributed by atoms with Crippen molar-refractivity contribution in [3.05, 3.63) is 35.4 Å². The van der Waals surface area contributed by atoms with Gasteiger partial charge in [-0.15, -0.1) is 0 Å². The third-order valence-corrected chi connectivity index (χ3v) is 2.80. The van der Waals surface area contributed by atoms with Gasteiger partial charge in [0.05, 0.1) is 0 Å². The molecule has 0 radical (unpaired) electrons. The van der Waals surface area contributed by atoms with Gasteiger partial charge in [-0.2, -0.15) is 0 Å². The maximum Gasteiger partial charge on any atom is 0.218 e. The van der Waals surface area contributed by atoms with Gasteiger partial charge in [0.2, 0.25) is 5.91 Å². The van der Waals surface area contributed by atoms with Gasteiger partial charge in [0, 0.05) is 19.0 Å². The fourth-order valence-electron chi connectivity index (χ4n) is 1.51. The van der Waals surface area contributed by atoms with E-state index in [-0.39, 0.29) is 18.4 Å². The van der Waals surface area contributed by atoms with Gasteiger partial charge in [0.15, 0.2) is 11.6 Å². The molecular weight excluding hydrogens is 226 g/mol. The largest absolute Gasteiger partial charge is 0.370 e. The van der Waals surface area contributed by atoms with Crippen molar-refractivity contribution in [1.82, 2.24) is 4.90 Å². The van der Waals surface area contributed by atoms with Crippen molar-refractivity contribution >= 4 is 5.91 Å². The summed E-state index contributed by atoms with van der Waals surface area (Å²) >= 11 is 0. The lowest BCUT2D eigenvalue weighted by molar-refractivity contribution is -0.118. The van der Waals surface area contributed by atoms with Gasteiger partial charge in [0.1, 0.15) is 0 Å². The van der Waals surface area contributed by atoms with Gasteiger partial charge >= 0.3 is 0 Å². The highest BCUT2D eigenvalue weighted by molar-refractivity contribution is 5.73. The van der Waals surface area contributed by atoms with Crippen molar-refractivity contribution in [3.8, 4) is 0 Å². The lowest BCUT2D eigenvalue weighted by atomic mass is 10.1. The minimum absolute atomic E-state index is 0.107. The smallest absolute Gasteiger partial charge is 0.218 e. The normalized spacial score (nSPS) is 12.8. The van der Waals surface area contributed by atoms with Crippen LogP contribution in [0.1, 0.15) is 24.9 Å². The van der Waals surface area contributed by atoms with Gasteiger partial charge in [-0.05, 0) is 31.7 Å². The summed E-state index contributed by atoms with van der Waals surface area (Å²) in [6.45, 7) is 2.34. The van der Waals surface area contributed by atoms with Crippen molar-refractivity contribution in [1.29, 1.82) is 0 Å². The molecule has 1 rings (SSSR count). The summed E-state index contributed by atoms with van der Waals surface area (Å²) < 4.78 is 25.8. The van der Waals surface area contributed by atoms with E-state index in [9.17, 15) is 13.6 Å². The summed E-state index contributed by atoms with van der Waals surface area (Å²) in [6, 6.07) is 3.69. The topological polar surface area (TPSA) is 46.3 Å². The molecule has 1 unspecified atom stereocenters. The van der Waals surface area contributed by atoms with Crippen molar-refractivity contribution in [2.24, 2.45) is 5.73 Å². The molecule has 2 N–H and O–H groups in total. The monoisotopic (exact) mass is 242 g/mol. The number of carbonyl (C=O) groups excluding carboxylic acids is 1. The van der Waals surface area contributed by atoms with Crippen molar-refractivity contribution in [3.63, 3.8) is 0 Å². The molecule has 0 aliphatic rings. The Labute approximate surface area is 99.2 Å². The van der Waals surface area contributed by atoms with E-state index in [4.69, 9.17) is 5.73 Å². The predicted molar refractivity (Wildman–Crippen MR) is 61.2 cm³/mol. The van der Waals surface area contributed by atoms with Crippen LogP contribution in [0.5, 0.6) is 0 Å². The van der Waals surface area contributed by atoms with Crippen LogP contribution in [0, 0.1) is 11.6 Å². The zero-order chi connectivity index (χ0) is 13.0. The van der Waals surface area contributed by atoms with Crippen LogP contribution in [0.4, 0.5) is 8.78 Å². The Bertz CT molecular complexity index is 409. The first kappa shape index (κ1) is 13.6. The van der Waals surface area contributed by atoms with E-state index in [0.717, 1.165) is 6.07 Å². The summed E-state index contributed by atoms with van der Waals surface area (Å²) in [6.07, 6.45) is 0.241. The number of nitrogens with zero attached hydrogens (tertiary/aromatic N) is 1. The standard InChI is InChI=1S/C12H16F2N2O/c1-8(16(2)6-5-12(15)17)9-3-4-10(13)11(14)7-9/h3-4,7-8H,5-6H2,1-2H3,(H2,15,17). The van der Waals surface area contributed by atoms with E-state index in [1.807, 2.05) is 11.8 Å². The minimum Gasteiger partial charge on any atom is -0.370 e. The van der Waals surface area contributed by atoms with Crippen LogP contribution in [-0.2, 0) is 4.79 Å². The Kier molecular flexibility index (Phi) is 4.57. The predicted octanol–water partition coefficient (Wildman–Crippen LogP) is 1.83. The number of rotatable bonds is 5. The number of primary amides is 1. The maximum atomic E-state index is 13.0. The molecule has 1 aromatic rings.